The average Bonchev–Trinajstić information content (AvgIpc) is 3.25. The number of ether oxygens (including phenoxy) is 2. The fourth-order valence-electron chi connectivity index (χ4n) is 11.9. The van der Waals surface area contributed by atoms with Crippen LogP contribution in [0.5, 0.6) is 0 Å². The normalized spacial score (nSPS) is 48.9. The Bertz CT molecular complexity index is 1010. The van der Waals surface area contributed by atoms with E-state index in [2.05, 4.69) is 54.0 Å². The van der Waals surface area contributed by atoms with Gasteiger partial charge in [-0.2, -0.15) is 0 Å². The molecule has 10 atom stereocenters. The number of fused-ring (bicyclic) bond motifs is 7. The summed E-state index contributed by atoms with van der Waals surface area (Å²) in [5, 5.41) is 11.0. The number of hydrogen-bond acceptors (Lipinski definition) is 4. The molecular formula is C34H52O4. The molecule has 212 valence electrons. The maximum absolute atomic E-state index is 12.3. The number of carbonyl (C=O) groups excluding carboxylic acids is 1. The first-order valence-corrected chi connectivity index (χ1v) is 15.3. The Morgan fingerprint density at radius 2 is 1.66 bits per heavy atom. The molecule has 0 aliphatic heterocycles. The van der Waals surface area contributed by atoms with Crippen molar-refractivity contribution >= 4 is 6.16 Å². The minimum atomic E-state index is -0.632. The number of hydrogen-bond donors (Lipinski definition) is 1. The van der Waals surface area contributed by atoms with Crippen LogP contribution in [0.3, 0.4) is 0 Å². The molecule has 5 fully saturated rings. The van der Waals surface area contributed by atoms with Gasteiger partial charge in [-0.15, -0.1) is 6.42 Å². The summed E-state index contributed by atoms with van der Waals surface area (Å²) in [6, 6.07) is 0. The van der Waals surface area contributed by atoms with Gasteiger partial charge in [0.25, 0.3) is 0 Å². The molecule has 0 aromatic heterocycles. The van der Waals surface area contributed by atoms with Crippen LogP contribution in [0.15, 0.2) is 12.2 Å². The lowest BCUT2D eigenvalue weighted by Gasteiger charge is -2.73. The predicted molar refractivity (Wildman–Crippen MR) is 151 cm³/mol. The molecule has 5 aliphatic carbocycles. The number of terminal acetylenes is 1. The van der Waals surface area contributed by atoms with E-state index in [9.17, 15) is 9.90 Å². The van der Waals surface area contributed by atoms with Crippen LogP contribution in [0.1, 0.15) is 106 Å². The highest BCUT2D eigenvalue weighted by Gasteiger charge is 2.71. The first kappa shape index (κ1) is 28.1. The number of allylic oxidation sites excluding steroid dienone is 1. The first-order chi connectivity index (χ1) is 17.8. The highest BCUT2D eigenvalue weighted by molar-refractivity contribution is 5.60. The molecule has 0 radical (unpaired) electrons. The second-order valence-electron chi connectivity index (χ2n) is 15.5. The molecule has 38 heavy (non-hydrogen) atoms. The van der Waals surface area contributed by atoms with E-state index in [0.29, 0.717) is 36.2 Å². The zero-order valence-corrected chi connectivity index (χ0v) is 24.9. The molecule has 1 N–H and O–H groups in total. The molecule has 0 unspecified atom stereocenters. The van der Waals surface area contributed by atoms with E-state index in [4.69, 9.17) is 15.9 Å². The maximum atomic E-state index is 12.3. The lowest BCUT2D eigenvalue weighted by Crippen LogP contribution is -2.66. The molecule has 4 heteroatoms. The van der Waals surface area contributed by atoms with Crippen LogP contribution >= 0.6 is 0 Å². The van der Waals surface area contributed by atoms with E-state index in [1.165, 1.54) is 37.7 Å². The van der Waals surface area contributed by atoms with Crippen molar-refractivity contribution < 1.29 is 19.4 Å². The minimum Gasteiger partial charge on any atom is -0.434 e. The van der Waals surface area contributed by atoms with Gasteiger partial charge in [0.15, 0.2) is 6.61 Å². The van der Waals surface area contributed by atoms with Gasteiger partial charge in [0.1, 0.15) is 6.61 Å². The van der Waals surface area contributed by atoms with Gasteiger partial charge in [-0.05, 0) is 122 Å². The van der Waals surface area contributed by atoms with E-state index >= 15 is 0 Å². The van der Waals surface area contributed by atoms with Crippen molar-refractivity contribution in [3.63, 3.8) is 0 Å². The van der Waals surface area contributed by atoms with Crippen LogP contribution in [-0.4, -0.2) is 30.6 Å². The van der Waals surface area contributed by atoms with E-state index in [0.717, 1.165) is 32.1 Å². The molecular weight excluding hydrogens is 472 g/mol. The Balaban J connectivity index is 1.47. The fraction of sp³-hybridized carbons (Fsp3) is 0.853. The number of carbonyl (C=O) groups is 1. The minimum absolute atomic E-state index is 0.00416. The van der Waals surface area contributed by atoms with Gasteiger partial charge in [-0.25, -0.2) is 4.79 Å². The molecule has 0 bridgehead atoms. The van der Waals surface area contributed by atoms with Crippen molar-refractivity contribution in [2.75, 3.05) is 13.2 Å². The zero-order valence-electron chi connectivity index (χ0n) is 24.9. The van der Waals surface area contributed by atoms with Gasteiger partial charge in [-0.1, -0.05) is 52.7 Å². The van der Waals surface area contributed by atoms with Crippen molar-refractivity contribution in [3.05, 3.63) is 12.2 Å². The quantitative estimate of drug-likeness (QED) is 0.232. The molecule has 0 aromatic carbocycles. The Hall–Kier alpha value is -1.47. The summed E-state index contributed by atoms with van der Waals surface area (Å²) in [4.78, 5) is 12.3. The Kier molecular flexibility index (Phi) is 6.86. The summed E-state index contributed by atoms with van der Waals surface area (Å²) >= 11 is 0. The van der Waals surface area contributed by atoms with Gasteiger partial charge >= 0.3 is 6.16 Å². The first-order valence-electron chi connectivity index (χ1n) is 15.3. The molecule has 5 saturated carbocycles. The Morgan fingerprint density at radius 1 is 0.921 bits per heavy atom. The van der Waals surface area contributed by atoms with E-state index in [-0.39, 0.29) is 39.8 Å². The number of rotatable bonds is 4. The van der Waals surface area contributed by atoms with Crippen LogP contribution < -0.4 is 0 Å². The highest BCUT2D eigenvalue weighted by atomic mass is 16.7. The molecule has 4 nitrogen and oxygen atoms in total. The summed E-state index contributed by atoms with van der Waals surface area (Å²) in [5.41, 5.74) is 2.09. The average molecular weight is 525 g/mol. The zero-order chi connectivity index (χ0) is 27.7. The van der Waals surface area contributed by atoms with Crippen molar-refractivity contribution in [2.45, 2.75) is 112 Å². The van der Waals surface area contributed by atoms with Crippen LogP contribution in [0.25, 0.3) is 0 Å². The molecule has 0 aromatic rings. The topological polar surface area (TPSA) is 55.8 Å². The molecule has 0 spiro atoms. The molecule has 0 amide bonds. The van der Waals surface area contributed by atoms with Crippen molar-refractivity contribution in [2.24, 2.45) is 56.7 Å². The second-order valence-corrected chi connectivity index (χ2v) is 15.5. The van der Waals surface area contributed by atoms with Crippen LogP contribution in [-0.2, 0) is 9.47 Å². The third-order valence-corrected chi connectivity index (χ3v) is 14.0. The number of aliphatic hydroxyl groups excluding tert-OH is 1. The largest absolute Gasteiger partial charge is 0.509 e. The summed E-state index contributed by atoms with van der Waals surface area (Å²) in [6.07, 6.45) is 16.1. The van der Waals surface area contributed by atoms with Gasteiger partial charge in [-0.3, -0.25) is 0 Å². The standard InChI is InChI=1S/C34H52O4/c1-9-20-37-29(36)38-21-34-17-12-23(22(2)3)28(34)24-10-11-26-31(6)15-14-27(35)30(4,5)25(31)13-16-33(26,8)32(24,7)18-19-34/h1,23-28,35H,2,10-21H2,3-8H3/t23-,24+,25-,26+,27-,28+,31-,32+,33+,34+/m0/s1. The van der Waals surface area contributed by atoms with Crippen LogP contribution in [0.2, 0.25) is 0 Å². The molecule has 5 aliphatic rings. The predicted octanol–water partition coefficient (Wildman–Crippen LogP) is 7.79. The molecule has 0 heterocycles. The number of aliphatic hydroxyl groups is 1. The second kappa shape index (κ2) is 9.29. The summed E-state index contributed by atoms with van der Waals surface area (Å²) < 4.78 is 10.8. The van der Waals surface area contributed by atoms with Gasteiger partial charge in [0, 0.05) is 5.41 Å². The van der Waals surface area contributed by atoms with Crippen molar-refractivity contribution in [1.82, 2.24) is 0 Å². The third kappa shape index (κ3) is 3.77. The van der Waals surface area contributed by atoms with Crippen molar-refractivity contribution in [3.8, 4) is 12.3 Å². The Morgan fingerprint density at radius 3 is 2.34 bits per heavy atom. The SMILES string of the molecule is C#CCOC(=O)OC[C@]12CC[C@@H](C(=C)C)[C@@H]1[C@H]1CC[C@@H]3[C@@]4(C)CC[C@H](O)C(C)(C)[C@@H]4CC[C@@]3(C)[C@]1(C)CC2. The van der Waals surface area contributed by atoms with Crippen LogP contribution in [0.4, 0.5) is 4.79 Å². The summed E-state index contributed by atoms with van der Waals surface area (Å²) in [7, 11) is 0. The summed E-state index contributed by atoms with van der Waals surface area (Å²) in [6.45, 7) is 19.6. The van der Waals surface area contributed by atoms with E-state index < -0.39 is 6.16 Å². The molecule has 5 rings (SSSR count). The fourth-order valence-corrected chi connectivity index (χ4v) is 11.9. The summed E-state index contributed by atoms with van der Waals surface area (Å²) in [5.74, 6) is 5.21. The highest BCUT2D eigenvalue weighted by Crippen LogP contribution is 2.77. The van der Waals surface area contributed by atoms with Crippen molar-refractivity contribution in [1.29, 1.82) is 0 Å². The third-order valence-electron chi connectivity index (χ3n) is 14.0. The van der Waals surface area contributed by atoms with Gasteiger partial charge in [0.2, 0.25) is 0 Å². The monoisotopic (exact) mass is 524 g/mol. The lowest BCUT2D eigenvalue weighted by atomic mass is 9.32. The Labute approximate surface area is 231 Å². The molecule has 0 saturated heterocycles. The van der Waals surface area contributed by atoms with E-state index in [1.54, 1.807) is 0 Å². The maximum Gasteiger partial charge on any atom is 0.509 e. The van der Waals surface area contributed by atoms with E-state index in [1.807, 2.05) is 0 Å². The lowest BCUT2D eigenvalue weighted by molar-refractivity contribution is -0.249. The van der Waals surface area contributed by atoms with Gasteiger partial charge in [0.05, 0.1) is 6.10 Å². The smallest absolute Gasteiger partial charge is 0.434 e. The van der Waals surface area contributed by atoms with Crippen LogP contribution in [0, 0.1) is 69.0 Å². The van der Waals surface area contributed by atoms with Gasteiger partial charge < -0.3 is 14.6 Å².